The highest BCUT2D eigenvalue weighted by molar-refractivity contribution is 5.95. The monoisotopic (exact) mass is 453 g/mol. The summed E-state index contributed by atoms with van der Waals surface area (Å²) in [6.07, 6.45) is 3.29. The number of hydrogen-bond acceptors (Lipinski definition) is 7. The van der Waals surface area contributed by atoms with E-state index >= 15 is 0 Å². The third kappa shape index (κ3) is 4.14. The molecule has 5 aromatic rings. The van der Waals surface area contributed by atoms with Crippen molar-refractivity contribution in [3.05, 3.63) is 89.5 Å². The minimum Gasteiger partial charge on any atom is -0.497 e. The van der Waals surface area contributed by atoms with Gasteiger partial charge in [0.1, 0.15) is 12.3 Å². The molecule has 5 rings (SSSR count). The number of methoxy groups -OCH3 is 1. The second-order valence-electron chi connectivity index (χ2n) is 7.44. The smallest absolute Gasteiger partial charge is 0.259 e. The van der Waals surface area contributed by atoms with E-state index in [1.165, 1.54) is 10.6 Å². The third-order valence-corrected chi connectivity index (χ3v) is 5.25. The van der Waals surface area contributed by atoms with E-state index in [1.807, 2.05) is 18.2 Å². The van der Waals surface area contributed by atoms with Crippen molar-refractivity contribution in [1.82, 2.24) is 19.7 Å². The molecule has 0 saturated carbocycles. The summed E-state index contributed by atoms with van der Waals surface area (Å²) in [6, 6.07) is 19.3. The molecule has 1 N–H and O–H groups in total. The summed E-state index contributed by atoms with van der Waals surface area (Å²) in [5.74, 6) is 0.856. The summed E-state index contributed by atoms with van der Waals surface area (Å²) >= 11 is 0. The van der Waals surface area contributed by atoms with Crippen molar-refractivity contribution in [2.75, 3.05) is 12.4 Å². The summed E-state index contributed by atoms with van der Waals surface area (Å²) in [5, 5.41) is 7.53. The number of aromatic nitrogens is 4. The van der Waals surface area contributed by atoms with Gasteiger partial charge in [0.25, 0.3) is 11.4 Å². The molecule has 0 saturated heterocycles. The molecule has 9 heteroatoms. The van der Waals surface area contributed by atoms with Crippen LogP contribution in [0.3, 0.4) is 0 Å². The van der Waals surface area contributed by atoms with Crippen LogP contribution >= 0.6 is 0 Å². The van der Waals surface area contributed by atoms with Gasteiger partial charge >= 0.3 is 0 Å². The fraction of sp³-hybridized carbons (Fsp3) is 0.0800. The molecular weight excluding hydrogens is 434 g/mol. The molecular formula is C25H19N5O4. The van der Waals surface area contributed by atoms with Gasteiger partial charge < -0.3 is 14.6 Å². The van der Waals surface area contributed by atoms with E-state index in [2.05, 4.69) is 20.4 Å². The number of pyridine rings is 2. The maximum atomic E-state index is 13.1. The van der Waals surface area contributed by atoms with Crippen molar-refractivity contribution < 1.29 is 14.1 Å². The maximum absolute atomic E-state index is 13.1. The number of rotatable bonds is 6. The minimum absolute atomic E-state index is 0.165. The molecule has 0 atom stereocenters. The average molecular weight is 453 g/mol. The number of fused-ring (bicyclic) bond motifs is 1. The molecule has 9 nitrogen and oxygen atoms in total. The Balaban J connectivity index is 1.49. The standard InChI is InChI=1S/C25H19N5O4/c1-33-18-8-4-7-17(12-18)27-22(31)15-30-21-10-3-2-9-19(21)20(13-23(30)32)25-28-24(29-34-25)16-6-5-11-26-14-16/h2-14H,15H2,1H3,(H,27,31). The number of nitrogens with zero attached hydrogens (tertiary/aromatic N) is 4. The van der Waals surface area contributed by atoms with E-state index in [0.717, 1.165) is 0 Å². The van der Waals surface area contributed by atoms with E-state index in [1.54, 1.807) is 62.0 Å². The predicted molar refractivity (Wildman–Crippen MR) is 126 cm³/mol. The van der Waals surface area contributed by atoms with Crippen molar-refractivity contribution in [1.29, 1.82) is 0 Å². The van der Waals surface area contributed by atoms with Crippen molar-refractivity contribution in [2.24, 2.45) is 0 Å². The highest BCUT2D eigenvalue weighted by Gasteiger charge is 2.18. The Hall–Kier alpha value is -4.79. The molecule has 0 aliphatic rings. The van der Waals surface area contributed by atoms with Crippen LogP contribution in [0.2, 0.25) is 0 Å². The molecule has 168 valence electrons. The van der Waals surface area contributed by atoms with Crippen LogP contribution in [0.1, 0.15) is 0 Å². The second kappa shape index (κ2) is 8.99. The molecule has 34 heavy (non-hydrogen) atoms. The zero-order chi connectivity index (χ0) is 23.5. The molecule has 0 radical (unpaired) electrons. The fourth-order valence-corrected chi connectivity index (χ4v) is 3.66. The largest absolute Gasteiger partial charge is 0.497 e. The lowest BCUT2D eigenvalue weighted by Crippen LogP contribution is -2.27. The van der Waals surface area contributed by atoms with Crippen molar-refractivity contribution in [3.8, 4) is 28.6 Å². The van der Waals surface area contributed by atoms with E-state index in [0.29, 0.717) is 39.3 Å². The molecule has 1 amide bonds. The number of benzene rings is 2. The van der Waals surface area contributed by atoms with E-state index in [4.69, 9.17) is 9.26 Å². The van der Waals surface area contributed by atoms with Crippen LogP contribution in [0.25, 0.3) is 33.7 Å². The summed E-state index contributed by atoms with van der Waals surface area (Å²) in [6.45, 7) is -0.165. The SMILES string of the molecule is COc1cccc(NC(=O)Cn2c(=O)cc(-c3nc(-c4cccnc4)no3)c3ccccc32)c1. The average Bonchev–Trinajstić information content (AvgIpc) is 3.36. The van der Waals surface area contributed by atoms with Crippen LogP contribution in [-0.4, -0.2) is 32.7 Å². The number of carbonyl (C=O) groups excluding carboxylic acids is 1. The van der Waals surface area contributed by atoms with Crippen LogP contribution < -0.4 is 15.6 Å². The fourth-order valence-electron chi connectivity index (χ4n) is 3.66. The first-order valence-corrected chi connectivity index (χ1v) is 10.4. The molecule has 0 bridgehead atoms. The Labute approximate surface area is 193 Å². The van der Waals surface area contributed by atoms with Gasteiger partial charge in [-0.1, -0.05) is 29.4 Å². The molecule has 3 aromatic heterocycles. The van der Waals surface area contributed by atoms with Gasteiger partial charge in [-0.15, -0.1) is 0 Å². The Morgan fingerprint density at radius 3 is 2.79 bits per heavy atom. The number of amides is 1. The number of anilines is 1. The summed E-state index contributed by atoms with van der Waals surface area (Å²) in [7, 11) is 1.55. The van der Waals surface area contributed by atoms with Crippen molar-refractivity contribution in [3.63, 3.8) is 0 Å². The van der Waals surface area contributed by atoms with Crippen molar-refractivity contribution >= 4 is 22.5 Å². The number of carbonyl (C=O) groups is 1. The first-order chi connectivity index (χ1) is 16.6. The lowest BCUT2D eigenvalue weighted by Gasteiger charge is -2.12. The normalized spacial score (nSPS) is 10.9. The molecule has 0 spiro atoms. The first kappa shape index (κ1) is 21.1. The predicted octanol–water partition coefficient (Wildman–Crippen LogP) is 3.76. The number of para-hydroxylation sites is 1. The Morgan fingerprint density at radius 2 is 1.97 bits per heavy atom. The zero-order valence-corrected chi connectivity index (χ0v) is 18.1. The zero-order valence-electron chi connectivity index (χ0n) is 18.1. The molecule has 0 aliphatic heterocycles. The highest BCUT2D eigenvalue weighted by atomic mass is 16.5. The van der Waals surface area contributed by atoms with Crippen molar-refractivity contribution in [2.45, 2.75) is 6.54 Å². The molecule has 3 heterocycles. The quantitative estimate of drug-likeness (QED) is 0.417. The maximum Gasteiger partial charge on any atom is 0.259 e. The molecule has 0 aliphatic carbocycles. The molecule has 0 unspecified atom stereocenters. The summed E-state index contributed by atoms with van der Waals surface area (Å²) in [5.41, 5.74) is 1.98. The first-order valence-electron chi connectivity index (χ1n) is 10.4. The minimum atomic E-state index is -0.365. The van der Waals surface area contributed by atoms with Crippen LogP contribution in [0.4, 0.5) is 5.69 Å². The number of nitrogens with one attached hydrogen (secondary N) is 1. The summed E-state index contributed by atoms with van der Waals surface area (Å²) in [4.78, 5) is 34.3. The number of ether oxygens (including phenoxy) is 1. The van der Waals surface area contributed by atoms with Gasteiger partial charge in [-0.25, -0.2) is 0 Å². The lowest BCUT2D eigenvalue weighted by molar-refractivity contribution is -0.116. The van der Waals surface area contributed by atoms with Crippen LogP contribution in [0.15, 0.2) is 88.4 Å². The van der Waals surface area contributed by atoms with E-state index in [9.17, 15) is 9.59 Å². The van der Waals surface area contributed by atoms with Crippen LogP contribution in [-0.2, 0) is 11.3 Å². The highest BCUT2D eigenvalue weighted by Crippen LogP contribution is 2.28. The lowest BCUT2D eigenvalue weighted by atomic mass is 10.1. The van der Waals surface area contributed by atoms with E-state index in [-0.39, 0.29) is 23.9 Å². The summed E-state index contributed by atoms with van der Waals surface area (Å²) < 4.78 is 12.1. The number of hydrogen-bond donors (Lipinski definition) is 1. The second-order valence-corrected chi connectivity index (χ2v) is 7.44. The van der Waals surface area contributed by atoms with E-state index < -0.39 is 0 Å². The topological polar surface area (TPSA) is 112 Å². The Bertz CT molecular complexity index is 1540. The Morgan fingerprint density at radius 1 is 1.09 bits per heavy atom. The van der Waals surface area contributed by atoms with Crippen LogP contribution in [0.5, 0.6) is 5.75 Å². The van der Waals surface area contributed by atoms with Gasteiger partial charge in [0.05, 0.1) is 18.2 Å². The molecule has 2 aromatic carbocycles. The van der Waals surface area contributed by atoms with Gasteiger partial charge in [0.15, 0.2) is 0 Å². The molecule has 0 fully saturated rings. The Kier molecular flexibility index (Phi) is 5.57. The van der Waals surface area contributed by atoms with Gasteiger partial charge in [0.2, 0.25) is 11.7 Å². The van der Waals surface area contributed by atoms with Gasteiger partial charge in [-0.05, 0) is 30.3 Å². The van der Waals surface area contributed by atoms with Gasteiger partial charge in [0, 0.05) is 41.2 Å². The van der Waals surface area contributed by atoms with Gasteiger partial charge in [-0.2, -0.15) is 4.98 Å². The van der Waals surface area contributed by atoms with Crippen LogP contribution in [0, 0.1) is 0 Å². The van der Waals surface area contributed by atoms with Gasteiger partial charge in [-0.3, -0.25) is 19.1 Å². The third-order valence-electron chi connectivity index (χ3n) is 5.25.